The Morgan fingerprint density at radius 1 is 0.833 bits per heavy atom. The molecule has 0 fully saturated rings. The lowest BCUT2D eigenvalue weighted by atomic mass is 10.2. The van der Waals surface area contributed by atoms with Gasteiger partial charge in [-0.15, -0.1) is 0 Å². The lowest BCUT2D eigenvalue weighted by Gasteiger charge is -2.15. The van der Waals surface area contributed by atoms with Gasteiger partial charge in [-0.2, -0.15) is 0 Å². The molecule has 0 bridgehead atoms. The first-order valence-electron chi connectivity index (χ1n) is 9.16. The quantitative estimate of drug-likeness (QED) is 0.284. The van der Waals surface area contributed by atoms with Gasteiger partial charge < -0.3 is 24.2 Å². The minimum absolute atomic E-state index is 0.249. The van der Waals surface area contributed by atoms with E-state index >= 15 is 0 Å². The summed E-state index contributed by atoms with van der Waals surface area (Å²) in [7, 11) is 3.11. The van der Waals surface area contributed by atoms with Crippen LogP contribution in [0.25, 0.3) is 0 Å². The van der Waals surface area contributed by atoms with E-state index in [1.165, 1.54) is 13.3 Å². The van der Waals surface area contributed by atoms with Crippen molar-refractivity contribution in [1.29, 1.82) is 0 Å². The standard InChI is InChI=1S/C23H22ClNO5/c1-27-21-11-17(8-9-20(21)29-14-16-6-4-3-5-7-16)15-30-23-19(24)10-18(13-25-26)12-22(23)28-2/h3-13,26H,14-15H2,1-2H3. The molecule has 0 aliphatic carbocycles. The summed E-state index contributed by atoms with van der Waals surface area (Å²) in [6, 6.07) is 18.8. The van der Waals surface area contributed by atoms with Crippen LogP contribution in [0.1, 0.15) is 16.7 Å². The zero-order chi connectivity index (χ0) is 21.3. The molecule has 3 aromatic rings. The van der Waals surface area contributed by atoms with Crippen LogP contribution in [-0.4, -0.2) is 25.6 Å². The molecule has 0 aliphatic rings. The molecular formula is C23H22ClNO5. The van der Waals surface area contributed by atoms with E-state index in [-0.39, 0.29) is 6.61 Å². The van der Waals surface area contributed by atoms with Gasteiger partial charge in [-0.25, -0.2) is 0 Å². The van der Waals surface area contributed by atoms with Crippen LogP contribution in [0.3, 0.4) is 0 Å². The Balaban J connectivity index is 1.71. The molecule has 0 radical (unpaired) electrons. The first-order valence-corrected chi connectivity index (χ1v) is 9.53. The Hall–Kier alpha value is -3.38. The molecule has 0 heterocycles. The summed E-state index contributed by atoms with van der Waals surface area (Å²) < 4.78 is 22.6. The molecule has 156 valence electrons. The van der Waals surface area contributed by atoms with Crippen molar-refractivity contribution in [1.82, 2.24) is 0 Å². The summed E-state index contributed by atoms with van der Waals surface area (Å²) in [4.78, 5) is 0. The van der Waals surface area contributed by atoms with Gasteiger partial charge in [-0.05, 0) is 35.4 Å². The predicted octanol–water partition coefficient (Wildman–Crippen LogP) is 5.32. The molecule has 0 saturated heterocycles. The lowest BCUT2D eigenvalue weighted by molar-refractivity contribution is 0.277. The van der Waals surface area contributed by atoms with Crippen molar-refractivity contribution < 1.29 is 24.2 Å². The third kappa shape index (κ3) is 5.36. The lowest BCUT2D eigenvalue weighted by Crippen LogP contribution is -2.01. The van der Waals surface area contributed by atoms with Crippen LogP contribution < -0.4 is 18.9 Å². The van der Waals surface area contributed by atoms with Crippen molar-refractivity contribution in [3.8, 4) is 23.0 Å². The highest BCUT2D eigenvalue weighted by atomic mass is 35.5. The Kier molecular flexibility index (Phi) is 7.40. The van der Waals surface area contributed by atoms with E-state index in [0.29, 0.717) is 40.2 Å². The number of methoxy groups -OCH3 is 2. The summed E-state index contributed by atoms with van der Waals surface area (Å²) in [6.45, 7) is 0.697. The van der Waals surface area contributed by atoms with Crippen molar-refractivity contribution in [3.63, 3.8) is 0 Å². The summed E-state index contributed by atoms with van der Waals surface area (Å²) in [5.74, 6) is 2.10. The third-order valence-corrected chi connectivity index (χ3v) is 4.59. The fourth-order valence-corrected chi connectivity index (χ4v) is 3.11. The molecule has 7 heteroatoms. The SMILES string of the molecule is COc1cc(COc2c(Cl)cc(C=NO)cc2OC)ccc1OCc1ccccc1. The van der Waals surface area contributed by atoms with Crippen LogP contribution in [0.15, 0.2) is 65.8 Å². The van der Waals surface area contributed by atoms with Crippen LogP contribution in [0.4, 0.5) is 0 Å². The molecule has 6 nitrogen and oxygen atoms in total. The van der Waals surface area contributed by atoms with E-state index < -0.39 is 0 Å². The smallest absolute Gasteiger partial charge is 0.180 e. The highest BCUT2D eigenvalue weighted by Crippen LogP contribution is 2.37. The third-order valence-electron chi connectivity index (χ3n) is 4.31. The monoisotopic (exact) mass is 427 g/mol. The largest absolute Gasteiger partial charge is 0.493 e. The number of rotatable bonds is 9. The Bertz CT molecular complexity index is 1010. The van der Waals surface area contributed by atoms with Gasteiger partial charge in [0, 0.05) is 5.56 Å². The molecule has 0 aromatic heterocycles. The summed E-state index contributed by atoms with van der Waals surface area (Å²) in [5, 5.41) is 12.1. The second kappa shape index (κ2) is 10.4. The normalized spacial score (nSPS) is 10.8. The van der Waals surface area contributed by atoms with E-state index in [1.54, 1.807) is 19.2 Å². The van der Waals surface area contributed by atoms with Crippen LogP contribution >= 0.6 is 11.6 Å². The first kappa shape index (κ1) is 21.3. The average molecular weight is 428 g/mol. The topological polar surface area (TPSA) is 69.5 Å². The van der Waals surface area contributed by atoms with Gasteiger partial charge in [0.2, 0.25) is 0 Å². The number of ether oxygens (including phenoxy) is 4. The maximum absolute atomic E-state index is 8.70. The first-order chi connectivity index (χ1) is 14.6. The summed E-state index contributed by atoms with van der Waals surface area (Å²) in [6.07, 6.45) is 1.26. The van der Waals surface area contributed by atoms with E-state index in [4.69, 9.17) is 35.8 Å². The minimum atomic E-state index is 0.249. The van der Waals surface area contributed by atoms with Crippen LogP contribution in [0.5, 0.6) is 23.0 Å². The number of benzene rings is 3. The summed E-state index contributed by atoms with van der Waals surface area (Å²) in [5.41, 5.74) is 2.54. The molecule has 0 atom stereocenters. The number of hydrogen-bond acceptors (Lipinski definition) is 6. The van der Waals surface area contributed by atoms with Crippen LogP contribution in [0.2, 0.25) is 5.02 Å². The van der Waals surface area contributed by atoms with Gasteiger partial charge in [0.05, 0.1) is 25.5 Å². The number of halogens is 1. The highest BCUT2D eigenvalue weighted by molar-refractivity contribution is 6.32. The van der Waals surface area contributed by atoms with E-state index in [1.807, 2.05) is 48.5 Å². The molecule has 30 heavy (non-hydrogen) atoms. The van der Waals surface area contributed by atoms with E-state index in [9.17, 15) is 0 Å². The van der Waals surface area contributed by atoms with Crippen molar-refractivity contribution in [2.24, 2.45) is 5.16 Å². The zero-order valence-electron chi connectivity index (χ0n) is 16.7. The average Bonchev–Trinajstić information content (AvgIpc) is 2.77. The molecule has 0 amide bonds. The van der Waals surface area contributed by atoms with Crippen molar-refractivity contribution in [3.05, 3.63) is 82.4 Å². The van der Waals surface area contributed by atoms with Gasteiger partial charge >= 0.3 is 0 Å². The Morgan fingerprint density at radius 2 is 1.57 bits per heavy atom. The van der Waals surface area contributed by atoms with Crippen molar-refractivity contribution >= 4 is 17.8 Å². The molecule has 1 N–H and O–H groups in total. The molecular weight excluding hydrogens is 406 g/mol. The van der Waals surface area contributed by atoms with Gasteiger partial charge in [-0.1, -0.05) is 53.2 Å². The Morgan fingerprint density at radius 3 is 2.27 bits per heavy atom. The van der Waals surface area contributed by atoms with E-state index in [0.717, 1.165) is 11.1 Å². The van der Waals surface area contributed by atoms with Gasteiger partial charge in [0.1, 0.15) is 13.2 Å². The van der Waals surface area contributed by atoms with E-state index in [2.05, 4.69) is 5.16 Å². The van der Waals surface area contributed by atoms with Gasteiger partial charge in [0.25, 0.3) is 0 Å². The number of hydrogen-bond donors (Lipinski definition) is 1. The van der Waals surface area contributed by atoms with Crippen LogP contribution in [0, 0.1) is 0 Å². The maximum atomic E-state index is 8.70. The van der Waals surface area contributed by atoms with Gasteiger partial charge in [-0.3, -0.25) is 0 Å². The second-order valence-electron chi connectivity index (χ2n) is 6.33. The molecule has 3 rings (SSSR count). The molecule has 3 aromatic carbocycles. The minimum Gasteiger partial charge on any atom is -0.493 e. The maximum Gasteiger partial charge on any atom is 0.180 e. The summed E-state index contributed by atoms with van der Waals surface area (Å²) >= 11 is 6.31. The molecule has 0 saturated carbocycles. The highest BCUT2D eigenvalue weighted by Gasteiger charge is 2.13. The molecule has 0 unspecified atom stereocenters. The second-order valence-corrected chi connectivity index (χ2v) is 6.73. The van der Waals surface area contributed by atoms with Crippen molar-refractivity contribution in [2.75, 3.05) is 14.2 Å². The van der Waals surface area contributed by atoms with Gasteiger partial charge in [0.15, 0.2) is 23.0 Å². The number of nitrogens with zero attached hydrogens (tertiary/aromatic N) is 1. The van der Waals surface area contributed by atoms with Crippen LogP contribution in [-0.2, 0) is 13.2 Å². The number of oxime groups is 1. The zero-order valence-corrected chi connectivity index (χ0v) is 17.4. The molecule has 0 aliphatic heterocycles. The van der Waals surface area contributed by atoms with Crippen molar-refractivity contribution in [2.45, 2.75) is 13.2 Å². The predicted molar refractivity (Wildman–Crippen MR) is 115 cm³/mol. The fraction of sp³-hybridized carbons (Fsp3) is 0.174. The fourth-order valence-electron chi connectivity index (χ4n) is 2.83. The molecule has 0 spiro atoms. The Labute approximate surface area is 180 Å².